The minimum atomic E-state index is 0.411. The van der Waals surface area contributed by atoms with Crippen LogP contribution in [0.4, 0.5) is 0 Å². The lowest BCUT2D eigenvalue weighted by Gasteiger charge is -2.09. The second-order valence-electron chi connectivity index (χ2n) is 10.3. The molecule has 0 bridgehead atoms. The lowest BCUT2D eigenvalue weighted by Crippen LogP contribution is -2.05. The molecular formula is C33H23N7S2. The fraction of sp³-hybridized carbons (Fsp3) is 0.0909. The summed E-state index contributed by atoms with van der Waals surface area (Å²) < 4.78 is 4.22. The standard InChI is InChI=1S/C33H23N7S2/c1-19(2)31-35-23-16-27-24(17-26(23)41-31)36-32(42-27)22-14-9-15-25-28(22)34-18-40(25)33-38-29(20-10-5-3-6-11-20)37-30(39-33)21-12-7-4-8-13-21/h3-19H,1-2H3. The zero-order valence-corrected chi connectivity index (χ0v) is 24.4. The molecule has 202 valence electrons. The Labute approximate surface area is 249 Å². The van der Waals surface area contributed by atoms with Crippen molar-refractivity contribution in [1.29, 1.82) is 0 Å². The monoisotopic (exact) mass is 581 g/mol. The Morgan fingerprint density at radius 2 is 1.29 bits per heavy atom. The first-order chi connectivity index (χ1) is 20.6. The Morgan fingerprint density at radius 1 is 0.643 bits per heavy atom. The molecule has 0 radical (unpaired) electrons. The van der Waals surface area contributed by atoms with Crippen LogP contribution in [0.15, 0.2) is 97.3 Å². The second kappa shape index (κ2) is 9.90. The van der Waals surface area contributed by atoms with E-state index in [2.05, 4.69) is 32.0 Å². The smallest absolute Gasteiger partial charge is 0.239 e. The van der Waals surface area contributed by atoms with E-state index in [0.717, 1.165) is 53.5 Å². The maximum Gasteiger partial charge on any atom is 0.239 e. The van der Waals surface area contributed by atoms with Crippen LogP contribution in [0.3, 0.4) is 0 Å². The van der Waals surface area contributed by atoms with E-state index in [9.17, 15) is 0 Å². The molecule has 8 rings (SSSR count). The van der Waals surface area contributed by atoms with E-state index in [-0.39, 0.29) is 0 Å². The third-order valence-electron chi connectivity index (χ3n) is 7.12. The van der Waals surface area contributed by atoms with E-state index < -0.39 is 0 Å². The predicted octanol–water partition coefficient (Wildman–Crippen LogP) is 8.55. The van der Waals surface area contributed by atoms with Gasteiger partial charge in [-0.3, -0.25) is 4.57 Å². The van der Waals surface area contributed by atoms with Crippen LogP contribution in [0, 0.1) is 0 Å². The zero-order chi connectivity index (χ0) is 28.2. The third-order valence-corrected chi connectivity index (χ3v) is 9.49. The van der Waals surface area contributed by atoms with Gasteiger partial charge in [-0.25, -0.2) is 19.9 Å². The third kappa shape index (κ3) is 4.25. The maximum atomic E-state index is 5.03. The summed E-state index contributed by atoms with van der Waals surface area (Å²) in [5, 5.41) is 2.08. The van der Waals surface area contributed by atoms with Crippen LogP contribution in [0.1, 0.15) is 24.8 Å². The summed E-state index contributed by atoms with van der Waals surface area (Å²) in [7, 11) is 0. The number of para-hydroxylation sites is 1. The van der Waals surface area contributed by atoms with Gasteiger partial charge in [0, 0.05) is 22.6 Å². The Balaban J connectivity index is 1.26. The Hall–Kier alpha value is -4.86. The first kappa shape index (κ1) is 24.9. The molecule has 8 aromatic rings. The fourth-order valence-electron chi connectivity index (χ4n) is 5.01. The second-order valence-corrected chi connectivity index (χ2v) is 12.4. The average molecular weight is 582 g/mol. The Morgan fingerprint density at radius 3 is 1.95 bits per heavy atom. The Kier molecular flexibility index (Phi) is 5.87. The van der Waals surface area contributed by atoms with Crippen molar-refractivity contribution in [2.75, 3.05) is 0 Å². The number of fused-ring (bicyclic) bond motifs is 3. The van der Waals surface area contributed by atoms with Crippen molar-refractivity contribution in [2.45, 2.75) is 19.8 Å². The van der Waals surface area contributed by atoms with Crippen molar-refractivity contribution in [3.8, 4) is 39.3 Å². The normalized spacial score (nSPS) is 11.8. The van der Waals surface area contributed by atoms with Gasteiger partial charge in [-0.05, 0) is 24.3 Å². The summed E-state index contributed by atoms with van der Waals surface area (Å²) in [4.78, 5) is 29.3. The number of benzene rings is 4. The van der Waals surface area contributed by atoms with Gasteiger partial charge < -0.3 is 0 Å². The van der Waals surface area contributed by atoms with Crippen LogP contribution in [-0.2, 0) is 0 Å². The van der Waals surface area contributed by atoms with Crippen molar-refractivity contribution in [3.05, 3.63) is 102 Å². The predicted molar refractivity (Wildman–Crippen MR) is 171 cm³/mol. The molecule has 0 saturated carbocycles. The summed E-state index contributed by atoms with van der Waals surface area (Å²) in [5.41, 5.74) is 6.59. The summed E-state index contributed by atoms with van der Waals surface area (Å²) in [6, 6.07) is 30.4. The highest BCUT2D eigenvalue weighted by Gasteiger charge is 2.18. The summed E-state index contributed by atoms with van der Waals surface area (Å²) in [5.74, 6) is 2.14. The molecule has 0 aliphatic carbocycles. The van der Waals surface area contributed by atoms with E-state index in [1.54, 1.807) is 29.0 Å². The molecule has 0 aliphatic heterocycles. The van der Waals surface area contributed by atoms with Crippen LogP contribution >= 0.6 is 22.7 Å². The lowest BCUT2D eigenvalue weighted by atomic mass is 10.2. The fourth-order valence-corrected chi connectivity index (χ4v) is 7.00. The van der Waals surface area contributed by atoms with E-state index >= 15 is 0 Å². The molecule has 42 heavy (non-hydrogen) atoms. The van der Waals surface area contributed by atoms with E-state index in [0.29, 0.717) is 23.5 Å². The molecule has 9 heteroatoms. The summed E-state index contributed by atoms with van der Waals surface area (Å²) in [6.45, 7) is 4.36. The van der Waals surface area contributed by atoms with Gasteiger partial charge in [-0.15, -0.1) is 22.7 Å². The Bertz CT molecular complexity index is 2120. The van der Waals surface area contributed by atoms with Gasteiger partial charge in [-0.1, -0.05) is 80.6 Å². The lowest BCUT2D eigenvalue weighted by molar-refractivity contribution is 0.857. The van der Waals surface area contributed by atoms with Gasteiger partial charge in [0.25, 0.3) is 0 Å². The molecule has 4 heterocycles. The minimum absolute atomic E-state index is 0.411. The van der Waals surface area contributed by atoms with E-state index in [1.165, 1.54) is 4.70 Å². The molecule has 0 amide bonds. The zero-order valence-electron chi connectivity index (χ0n) is 22.8. The van der Waals surface area contributed by atoms with Crippen molar-refractivity contribution >= 4 is 54.1 Å². The molecular weight excluding hydrogens is 559 g/mol. The molecule has 0 saturated heterocycles. The number of imidazole rings is 1. The average Bonchev–Trinajstić information content (AvgIpc) is 3.76. The molecule has 4 aromatic carbocycles. The largest absolute Gasteiger partial charge is 0.267 e. The number of hydrogen-bond donors (Lipinski definition) is 0. The van der Waals surface area contributed by atoms with Crippen LogP contribution in [0.2, 0.25) is 0 Å². The quantitative estimate of drug-likeness (QED) is 0.203. The number of thiazole rings is 2. The molecule has 4 aromatic heterocycles. The van der Waals surface area contributed by atoms with Gasteiger partial charge in [0.15, 0.2) is 11.6 Å². The SMILES string of the molecule is CC(C)c1nc2cc3sc(-c4cccc5c4ncn5-c4nc(-c5ccccc5)nc(-c5ccccc5)n4)nc3cc2s1. The first-order valence-electron chi connectivity index (χ1n) is 13.7. The molecule has 7 nitrogen and oxygen atoms in total. The minimum Gasteiger partial charge on any atom is -0.267 e. The van der Waals surface area contributed by atoms with Crippen molar-refractivity contribution in [2.24, 2.45) is 0 Å². The molecule has 0 fully saturated rings. The van der Waals surface area contributed by atoms with Crippen molar-refractivity contribution in [1.82, 2.24) is 34.5 Å². The highest BCUT2D eigenvalue weighted by Crippen LogP contribution is 2.38. The highest BCUT2D eigenvalue weighted by atomic mass is 32.1. The number of rotatable bonds is 5. The van der Waals surface area contributed by atoms with Crippen LogP contribution < -0.4 is 0 Å². The highest BCUT2D eigenvalue weighted by molar-refractivity contribution is 7.22. The van der Waals surface area contributed by atoms with Crippen molar-refractivity contribution < 1.29 is 0 Å². The molecule has 0 unspecified atom stereocenters. The number of aromatic nitrogens is 7. The van der Waals surface area contributed by atoms with Gasteiger partial charge in [0.2, 0.25) is 5.95 Å². The molecule has 0 spiro atoms. The van der Waals surface area contributed by atoms with Gasteiger partial charge >= 0.3 is 0 Å². The van der Waals surface area contributed by atoms with E-state index in [4.69, 9.17) is 29.9 Å². The molecule has 0 aliphatic rings. The van der Waals surface area contributed by atoms with Crippen LogP contribution in [0.25, 0.3) is 70.8 Å². The summed E-state index contributed by atoms with van der Waals surface area (Å²) in [6.07, 6.45) is 1.79. The van der Waals surface area contributed by atoms with E-state index in [1.807, 2.05) is 77.4 Å². The molecule has 0 atom stereocenters. The number of hydrogen-bond acceptors (Lipinski definition) is 8. The first-order valence-corrected chi connectivity index (χ1v) is 15.3. The van der Waals surface area contributed by atoms with Gasteiger partial charge in [0.05, 0.1) is 36.5 Å². The van der Waals surface area contributed by atoms with Gasteiger partial charge in [-0.2, -0.15) is 9.97 Å². The summed E-state index contributed by atoms with van der Waals surface area (Å²) >= 11 is 3.41. The van der Waals surface area contributed by atoms with Crippen LogP contribution in [-0.4, -0.2) is 34.5 Å². The maximum absolute atomic E-state index is 5.03. The number of nitrogens with zero attached hydrogens (tertiary/aromatic N) is 7. The topological polar surface area (TPSA) is 82.3 Å². The molecule has 0 N–H and O–H groups in total. The van der Waals surface area contributed by atoms with Crippen molar-refractivity contribution in [3.63, 3.8) is 0 Å². The van der Waals surface area contributed by atoms with Crippen LogP contribution in [0.5, 0.6) is 0 Å². The van der Waals surface area contributed by atoms with Gasteiger partial charge in [0.1, 0.15) is 11.3 Å².